The number of nitrogens with one attached hydrogen (secondary N) is 1. The number of nitrogens with zero attached hydrogens (tertiary/aromatic N) is 1. The number of carbonyl (C=O) groups excluding carboxylic acids is 2. The van der Waals surface area contributed by atoms with Crippen LogP contribution in [0.1, 0.15) is 27.9 Å². The quantitative estimate of drug-likeness (QED) is 0.792. The van der Waals surface area contributed by atoms with Crippen LogP contribution in [0.2, 0.25) is 5.02 Å². The van der Waals surface area contributed by atoms with Crippen molar-refractivity contribution in [1.82, 2.24) is 10.2 Å². The summed E-state index contributed by atoms with van der Waals surface area (Å²) in [7, 11) is 1.36. The molecule has 2 aromatic rings. The third-order valence-electron chi connectivity index (χ3n) is 4.50. The molecule has 26 heavy (non-hydrogen) atoms. The van der Waals surface area contributed by atoms with E-state index < -0.39 is 0 Å². The molecule has 0 spiro atoms. The van der Waals surface area contributed by atoms with E-state index >= 15 is 0 Å². The minimum Gasteiger partial charge on any atom is -0.465 e. The number of methoxy groups -OCH3 is 1. The molecular formula is C20H21ClN2O3. The summed E-state index contributed by atoms with van der Waals surface area (Å²) in [5.74, 6) is -0.218. The molecule has 0 aromatic heterocycles. The van der Waals surface area contributed by atoms with Crippen molar-refractivity contribution < 1.29 is 14.3 Å². The van der Waals surface area contributed by atoms with Gasteiger partial charge in [0.15, 0.2) is 0 Å². The molecule has 1 unspecified atom stereocenters. The molecule has 1 heterocycles. The van der Waals surface area contributed by atoms with Crippen LogP contribution in [0.25, 0.3) is 0 Å². The molecular weight excluding hydrogens is 352 g/mol. The van der Waals surface area contributed by atoms with E-state index in [1.807, 2.05) is 41.3 Å². The number of likely N-dealkylation sites (tertiary alicyclic amines) is 1. The van der Waals surface area contributed by atoms with Crippen molar-refractivity contribution in [2.45, 2.75) is 25.6 Å². The van der Waals surface area contributed by atoms with Gasteiger partial charge in [0.1, 0.15) is 0 Å². The Kier molecular flexibility index (Phi) is 5.91. The summed E-state index contributed by atoms with van der Waals surface area (Å²) in [4.78, 5) is 25.5. The van der Waals surface area contributed by atoms with Gasteiger partial charge in [-0.3, -0.25) is 4.79 Å². The van der Waals surface area contributed by atoms with Crippen molar-refractivity contribution in [2.75, 3.05) is 13.7 Å². The van der Waals surface area contributed by atoms with E-state index in [1.54, 1.807) is 12.1 Å². The number of ether oxygens (including phenoxy) is 1. The standard InChI is InChI=1S/C20H21ClN2O3/c1-26-20(25)15-8-6-14(7-9-15)11-22-17-10-19(24)23(13-17)12-16-4-2-3-5-18(16)21/h2-9,17,22H,10-13H2,1H3. The fourth-order valence-corrected chi connectivity index (χ4v) is 3.23. The van der Waals surface area contributed by atoms with Crippen LogP contribution in [0.4, 0.5) is 0 Å². The van der Waals surface area contributed by atoms with Gasteiger partial charge in [0.05, 0.1) is 12.7 Å². The maximum Gasteiger partial charge on any atom is 0.337 e. The molecule has 1 N–H and O–H groups in total. The molecule has 1 aliphatic rings. The maximum atomic E-state index is 12.3. The molecule has 5 nitrogen and oxygen atoms in total. The minimum absolute atomic E-state index is 0.102. The molecule has 0 saturated carbocycles. The zero-order valence-electron chi connectivity index (χ0n) is 14.6. The highest BCUT2D eigenvalue weighted by molar-refractivity contribution is 6.31. The second kappa shape index (κ2) is 8.34. The highest BCUT2D eigenvalue weighted by Gasteiger charge is 2.29. The first-order valence-electron chi connectivity index (χ1n) is 8.48. The van der Waals surface area contributed by atoms with Gasteiger partial charge in [-0.15, -0.1) is 0 Å². The number of carbonyl (C=O) groups is 2. The second-order valence-electron chi connectivity index (χ2n) is 6.34. The maximum absolute atomic E-state index is 12.3. The van der Waals surface area contributed by atoms with E-state index in [-0.39, 0.29) is 17.9 Å². The summed E-state index contributed by atoms with van der Waals surface area (Å²) in [5.41, 5.74) is 2.54. The average molecular weight is 373 g/mol. The van der Waals surface area contributed by atoms with Gasteiger partial charge in [-0.2, -0.15) is 0 Å². The van der Waals surface area contributed by atoms with Crippen molar-refractivity contribution in [3.8, 4) is 0 Å². The van der Waals surface area contributed by atoms with Crippen molar-refractivity contribution in [1.29, 1.82) is 0 Å². The zero-order valence-corrected chi connectivity index (χ0v) is 15.3. The van der Waals surface area contributed by atoms with Gasteiger partial charge in [-0.05, 0) is 29.3 Å². The third kappa shape index (κ3) is 4.42. The summed E-state index contributed by atoms with van der Waals surface area (Å²) < 4.78 is 4.69. The minimum atomic E-state index is -0.346. The van der Waals surface area contributed by atoms with Gasteiger partial charge in [0, 0.05) is 37.1 Å². The van der Waals surface area contributed by atoms with Crippen molar-refractivity contribution >= 4 is 23.5 Å². The monoisotopic (exact) mass is 372 g/mol. The van der Waals surface area contributed by atoms with Crippen molar-refractivity contribution in [2.24, 2.45) is 0 Å². The summed E-state index contributed by atoms with van der Waals surface area (Å²) in [6.45, 7) is 1.83. The van der Waals surface area contributed by atoms with E-state index in [9.17, 15) is 9.59 Å². The topological polar surface area (TPSA) is 58.6 Å². The molecule has 6 heteroatoms. The predicted molar refractivity (Wildman–Crippen MR) is 99.9 cm³/mol. The second-order valence-corrected chi connectivity index (χ2v) is 6.74. The molecule has 3 rings (SSSR count). The molecule has 136 valence electrons. The highest BCUT2D eigenvalue weighted by Crippen LogP contribution is 2.21. The van der Waals surface area contributed by atoms with Gasteiger partial charge in [0.25, 0.3) is 0 Å². The smallest absolute Gasteiger partial charge is 0.337 e. The summed E-state index contributed by atoms with van der Waals surface area (Å²) in [6, 6.07) is 15.0. The summed E-state index contributed by atoms with van der Waals surface area (Å²) >= 11 is 6.19. The fourth-order valence-electron chi connectivity index (χ4n) is 3.03. The van der Waals surface area contributed by atoms with Crippen LogP contribution in [0.3, 0.4) is 0 Å². The number of halogens is 1. The molecule has 1 atom stereocenters. The first-order valence-corrected chi connectivity index (χ1v) is 8.86. The molecule has 1 saturated heterocycles. The molecule has 1 amide bonds. The Morgan fingerprint density at radius 1 is 1.23 bits per heavy atom. The Bertz CT molecular complexity index is 792. The van der Waals surface area contributed by atoms with Crippen LogP contribution in [-0.4, -0.2) is 36.5 Å². The molecule has 1 aliphatic heterocycles. The first kappa shape index (κ1) is 18.4. The summed E-state index contributed by atoms with van der Waals surface area (Å²) in [5, 5.41) is 4.09. The number of hydrogen-bond acceptors (Lipinski definition) is 4. The Labute approximate surface area is 157 Å². The fraction of sp³-hybridized carbons (Fsp3) is 0.300. The number of benzene rings is 2. The van der Waals surface area contributed by atoms with Crippen LogP contribution in [0, 0.1) is 0 Å². The van der Waals surface area contributed by atoms with Crippen molar-refractivity contribution in [3.05, 3.63) is 70.2 Å². The summed E-state index contributed by atoms with van der Waals surface area (Å²) in [6.07, 6.45) is 0.477. The molecule has 0 radical (unpaired) electrons. The number of rotatable bonds is 6. The van der Waals surface area contributed by atoms with E-state index in [0.29, 0.717) is 36.6 Å². The number of amides is 1. The number of esters is 1. The average Bonchev–Trinajstić information content (AvgIpc) is 3.01. The number of hydrogen-bond donors (Lipinski definition) is 1. The third-order valence-corrected chi connectivity index (χ3v) is 4.87. The Hall–Kier alpha value is -2.37. The van der Waals surface area contributed by atoms with Crippen LogP contribution >= 0.6 is 11.6 Å². The lowest BCUT2D eigenvalue weighted by Crippen LogP contribution is -2.32. The van der Waals surface area contributed by atoms with Crippen LogP contribution in [0.5, 0.6) is 0 Å². The van der Waals surface area contributed by atoms with Crippen LogP contribution in [0.15, 0.2) is 48.5 Å². The Morgan fingerprint density at radius 2 is 1.96 bits per heavy atom. The van der Waals surface area contributed by atoms with Gasteiger partial charge in [0.2, 0.25) is 5.91 Å². The highest BCUT2D eigenvalue weighted by atomic mass is 35.5. The van der Waals surface area contributed by atoms with E-state index in [2.05, 4.69) is 5.32 Å². The SMILES string of the molecule is COC(=O)c1ccc(CNC2CC(=O)N(Cc3ccccc3Cl)C2)cc1. The Morgan fingerprint density at radius 3 is 2.65 bits per heavy atom. The van der Waals surface area contributed by atoms with E-state index in [4.69, 9.17) is 16.3 Å². The zero-order chi connectivity index (χ0) is 18.5. The predicted octanol–water partition coefficient (Wildman–Crippen LogP) is 3.02. The van der Waals surface area contributed by atoms with E-state index in [0.717, 1.165) is 11.1 Å². The van der Waals surface area contributed by atoms with E-state index in [1.165, 1.54) is 7.11 Å². The molecule has 0 aliphatic carbocycles. The Balaban J connectivity index is 1.53. The van der Waals surface area contributed by atoms with Gasteiger partial charge in [-0.25, -0.2) is 4.79 Å². The molecule has 2 aromatic carbocycles. The normalized spacial score (nSPS) is 16.8. The lowest BCUT2D eigenvalue weighted by atomic mass is 10.1. The lowest BCUT2D eigenvalue weighted by molar-refractivity contribution is -0.128. The lowest BCUT2D eigenvalue weighted by Gasteiger charge is -2.18. The van der Waals surface area contributed by atoms with Crippen LogP contribution in [-0.2, 0) is 22.6 Å². The van der Waals surface area contributed by atoms with Gasteiger partial charge in [-0.1, -0.05) is 41.9 Å². The largest absolute Gasteiger partial charge is 0.465 e. The molecule has 1 fully saturated rings. The van der Waals surface area contributed by atoms with Gasteiger partial charge < -0.3 is 15.0 Å². The van der Waals surface area contributed by atoms with Gasteiger partial charge >= 0.3 is 5.97 Å². The first-order chi connectivity index (χ1) is 12.6. The van der Waals surface area contributed by atoms with Crippen molar-refractivity contribution in [3.63, 3.8) is 0 Å². The van der Waals surface area contributed by atoms with Crippen LogP contribution < -0.4 is 5.32 Å². The molecule has 0 bridgehead atoms.